The van der Waals surface area contributed by atoms with E-state index in [-0.39, 0.29) is 11.7 Å². The maximum absolute atomic E-state index is 5.95. The standard InChI is InChI=1S/C12H21N3O3/c1-9-13-14-11(17-9)6-15-5-10(7-16-4)18-12(2,3)8-15/h10H,5-8H2,1-4H3/t10-/m0/s1. The molecule has 0 bridgehead atoms. The van der Waals surface area contributed by atoms with Crippen molar-refractivity contribution < 1.29 is 13.9 Å². The van der Waals surface area contributed by atoms with Gasteiger partial charge >= 0.3 is 0 Å². The maximum atomic E-state index is 5.95. The van der Waals surface area contributed by atoms with Crippen molar-refractivity contribution in [3.8, 4) is 0 Å². The van der Waals surface area contributed by atoms with Crippen LogP contribution in [0, 0.1) is 6.92 Å². The number of morpholine rings is 1. The summed E-state index contributed by atoms with van der Waals surface area (Å²) in [5.41, 5.74) is -0.184. The fourth-order valence-corrected chi connectivity index (χ4v) is 2.40. The van der Waals surface area contributed by atoms with Crippen LogP contribution in [-0.2, 0) is 16.0 Å². The van der Waals surface area contributed by atoms with Crippen LogP contribution in [0.25, 0.3) is 0 Å². The minimum Gasteiger partial charge on any atom is -0.424 e. The second-order valence-electron chi connectivity index (χ2n) is 5.34. The van der Waals surface area contributed by atoms with Crippen LogP contribution in [0.3, 0.4) is 0 Å². The van der Waals surface area contributed by atoms with E-state index in [2.05, 4.69) is 28.9 Å². The highest BCUT2D eigenvalue weighted by atomic mass is 16.5. The Morgan fingerprint density at radius 2 is 2.22 bits per heavy atom. The third-order valence-electron chi connectivity index (χ3n) is 2.83. The third kappa shape index (κ3) is 3.51. The Labute approximate surface area is 107 Å². The van der Waals surface area contributed by atoms with Crippen LogP contribution in [0.2, 0.25) is 0 Å². The zero-order valence-electron chi connectivity index (χ0n) is 11.5. The fourth-order valence-electron chi connectivity index (χ4n) is 2.40. The first-order valence-electron chi connectivity index (χ1n) is 6.16. The molecule has 0 radical (unpaired) electrons. The summed E-state index contributed by atoms with van der Waals surface area (Å²) < 4.78 is 16.5. The molecule has 1 aromatic rings. The van der Waals surface area contributed by atoms with Crippen LogP contribution in [0.15, 0.2) is 4.42 Å². The lowest BCUT2D eigenvalue weighted by molar-refractivity contribution is -0.155. The fraction of sp³-hybridized carbons (Fsp3) is 0.833. The minimum absolute atomic E-state index is 0.0859. The Hall–Kier alpha value is -0.980. The van der Waals surface area contributed by atoms with E-state index in [1.54, 1.807) is 14.0 Å². The number of aryl methyl sites for hydroxylation is 1. The van der Waals surface area contributed by atoms with Gasteiger partial charge in [-0.1, -0.05) is 0 Å². The molecule has 6 nitrogen and oxygen atoms in total. The highest BCUT2D eigenvalue weighted by molar-refractivity contribution is 4.87. The molecular formula is C12H21N3O3. The number of hydrogen-bond donors (Lipinski definition) is 0. The van der Waals surface area contributed by atoms with E-state index in [0.29, 0.717) is 24.9 Å². The third-order valence-corrected chi connectivity index (χ3v) is 2.83. The Morgan fingerprint density at radius 1 is 1.44 bits per heavy atom. The molecule has 2 rings (SSSR count). The molecule has 1 aliphatic heterocycles. The van der Waals surface area contributed by atoms with Crippen molar-refractivity contribution in [1.29, 1.82) is 0 Å². The van der Waals surface area contributed by atoms with Gasteiger partial charge in [0.05, 0.1) is 24.9 Å². The first-order chi connectivity index (χ1) is 8.48. The molecule has 0 N–H and O–H groups in total. The van der Waals surface area contributed by atoms with Crippen molar-refractivity contribution >= 4 is 0 Å². The number of rotatable bonds is 4. The van der Waals surface area contributed by atoms with Crippen LogP contribution in [0.4, 0.5) is 0 Å². The van der Waals surface area contributed by atoms with Crippen molar-refractivity contribution in [2.75, 3.05) is 26.8 Å². The minimum atomic E-state index is -0.184. The van der Waals surface area contributed by atoms with Crippen LogP contribution in [-0.4, -0.2) is 53.6 Å². The molecule has 0 saturated carbocycles. The van der Waals surface area contributed by atoms with Gasteiger partial charge in [-0.2, -0.15) is 0 Å². The average Bonchev–Trinajstić information content (AvgIpc) is 2.61. The molecule has 1 aromatic heterocycles. The van der Waals surface area contributed by atoms with Gasteiger partial charge in [0.2, 0.25) is 11.8 Å². The second-order valence-corrected chi connectivity index (χ2v) is 5.34. The Bertz CT molecular complexity index is 392. The lowest BCUT2D eigenvalue weighted by Gasteiger charge is -2.42. The van der Waals surface area contributed by atoms with Gasteiger partial charge in [-0.15, -0.1) is 10.2 Å². The summed E-state index contributed by atoms with van der Waals surface area (Å²) in [7, 11) is 1.69. The maximum Gasteiger partial charge on any atom is 0.230 e. The van der Waals surface area contributed by atoms with E-state index in [9.17, 15) is 0 Å². The van der Waals surface area contributed by atoms with Gasteiger partial charge < -0.3 is 13.9 Å². The number of aromatic nitrogens is 2. The summed E-state index contributed by atoms with van der Waals surface area (Å²) in [6.45, 7) is 8.89. The van der Waals surface area contributed by atoms with E-state index in [0.717, 1.165) is 13.1 Å². The molecule has 1 fully saturated rings. The van der Waals surface area contributed by atoms with Gasteiger partial charge in [0.25, 0.3) is 0 Å². The molecule has 0 aromatic carbocycles. The van der Waals surface area contributed by atoms with Gasteiger partial charge in [-0.3, -0.25) is 4.90 Å². The van der Waals surface area contributed by atoms with E-state index >= 15 is 0 Å². The molecule has 1 aliphatic rings. The molecular weight excluding hydrogens is 234 g/mol. The normalized spacial score (nSPS) is 24.3. The van der Waals surface area contributed by atoms with Crippen LogP contribution in [0.5, 0.6) is 0 Å². The predicted molar refractivity (Wildman–Crippen MR) is 65.1 cm³/mol. The molecule has 0 aliphatic carbocycles. The summed E-state index contributed by atoms with van der Waals surface area (Å²) in [6.07, 6.45) is 0.0859. The monoisotopic (exact) mass is 255 g/mol. The van der Waals surface area contributed by atoms with E-state index in [4.69, 9.17) is 13.9 Å². The van der Waals surface area contributed by atoms with Crippen LogP contribution in [0.1, 0.15) is 25.6 Å². The quantitative estimate of drug-likeness (QED) is 0.800. The molecule has 6 heteroatoms. The lowest BCUT2D eigenvalue weighted by atomic mass is 10.1. The first kappa shape index (κ1) is 13.5. The number of nitrogens with zero attached hydrogens (tertiary/aromatic N) is 3. The van der Waals surface area contributed by atoms with Gasteiger partial charge in [0.15, 0.2) is 0 Å². The molecule has 1 atom stereocenters. The summed E-state index contributed by atoms with van der Waals surface area (Å²) in [4.78, 5) is 2.26. The highest BCUT2D eigenvalue weighted by Gasteiger charge is 2.33. The zero-order chi connectivity index (χ0) is 13.2. The summed E-state index contributed by atoms with van der Waals surface area (Å²) >= 11 is 0. The lowest BCUT2D eigenvalue weighted by Crippen LogP contribution is -2.53. The number of hydrogen-bond acceptors (Lipinski definition) is 6. The Balaban J connectivity index is 1.98. The topological polar surface area (TPSA) is 60.6 Å². The van der Waals surface area contributed by atoms with Crippen LogP contribution < -0.4 is 0 Å². The molecule has 0 unspecified atom stereocenters. The van der Waals surface area contributed by atoms with Gasteiger partial charge in [-0.25, -0.2) is 0 Å². The largest absolute Gasteiger partial charge is 0.424 e. The molecule has 0 amide bonds. The SMILES string of the molecule is COC[C@@H]1CN(Cc2nnc(C)o2)CC(C)(C)O1. The van der Waals surface area contributed by atoms with Gasteiger partial charge in [0, 0.05) is 27.1 Å². The molecule has 102 valence electrons. The predicted octanol–water partition coefficient (Wildman–Crippen LogP) is 1.00. The van der Waals surface area contributed by atoms with Crippen LogP contribution >= 0.6 is 0 Å². The van der Waals surface area contributed by atoms with Crippen molar-refractivity contribution in [2.45, 2.75) is 39.0 Å². The molecule has 2 heterocycles. The molecule has 18 heavy (non-hydrogen) atoms. The summed E-state index contributed by atoms with van der Waals surface area (Å²) in [5, 5.41) is 7.87. The average molecular weight is 255 g/mol. The summed E-state index contributed by atoms with van der Waals surface area (Å²) in [6, 6.07) is 0. The zero-order valence-corrected chi connectivity index (χ0v) is 11.5. The molecule has 0 spiro atoms. The first-order valence-corrected chi connectivity index (χ1v) is 6.16. The van der Waals surface area contributed by atoms with Crippen molar-refractivity contribution in [1.82, 2.24) is 15.1 Å². The van der Waals surface area contributed by atoms with E-state index in [1.165, 1.54) is 0 Å². The number of methoxy groups -OCH3 is 1. The van der Waals surface area contributed by atoms with Crippen molar-refractivity contribution in [3.05, 3.63) is 11.8 Å². The number of ether oxygens (including phenoxy) is 2. The molecule has 1 saturated heterocycles. The Kier molecular flexibility index (Phi) is 3.99. The van der Waals surface area contributed by atoms with E-state index < -0.39 is 0 Å². The smallest absolute Gasteiger partial charge is 0.230 e. The van der Waals surface area contributed by atoms with Gasteiger partial charge in [0.1, 0.15) is 0 Å². The summed E-state index contributed by atoms with van der Waals surface area (Å²) in [5.74, 6) is 1.26. The van der Waals surface area contributed by atoms with Crippen molar-refractivity contribution in [3.63, 3.8) is 0 Å². The van der Waals surface area contributed by atoms with Gasteiger partial charge in [-0.05, 0) is 13.8 Å². The Morgan fingerprint density at radius 3 is 2.83 bits per heavy atom. The second kappa shape index (κ2) is 5.34. The van der Waals surface area contributed by atoms with Crippen molar-refractivity contribution in [2.24, 2.45) is 0 Å². The van der Waals surface area contributed by atoms with E-state index in [1.807, 2.05) is 0 Å². The highest BCUT2D eigenvalue weighted by Crippen LogP contribution is 2.22.